The quantitative estimate of drug-likeness (QED) is 0.549. The maximum atomic E-state index is 4.38. The highest BCUT2D eigenvalue weighted by molar-refractivity contribution is 5.68. The van der Waals surface area contributed by atoms with Crippen LogP contribution in [0, 0.1) is 0 Å². The van der Waals surface area contributed by atoms with E-state index in [-0.39, 0.29) is 0 Å². The number of fused-ring (bicyclic) bond motifs is 1. The zero-order valence-corrected chi connectivity index (χ0v) is 16.2. The van der Waals surface area contributed by atoms with E-state index >= 15 is 0 Å². The summed E-state index contributed by atoms with van der Waals surface area (Å²) in [5, 5.41) is 19.1. The van der Waals surface area contributed by atoms with Crippen LogP contribution in [0.2, 0.25) is 0 Å². The maximum Gasteiger partial charge on any atom is 0.200 e. The molecule has 0 unspecified atom stereocenters. The third-order valence-electron chi connectivity index (χ3n) is 5.42. The summed E-state index contributed by atoms with van der Waals surface area (Å²) in [4.78, 5) is 2.53. The molecule has 1 N–H and O–H groups in total. The minimum absolute atomic E-state index is 0.630. The molecular formula is C22H23N7. The average molecular weight is 385 g/mol. The predicted molar refractivity (Wildman–Crippen MR) is 112 cm³/mol. The van der Waals surface area contributed by atoms with Crippen LogP contribution in [0.25, 0.3) is 16.8 Å². The zero-order valence-electron chi connectivity index (χ0n) is 16.2. The molecule has 1 saturated heterocycles. The molecule has 2 aromatic carbocycles. The normalized spacial score (nSPS) is 14.5. The standard InChI is InChI=1S/C22H23N7/c1-2-6-20(18-9-7-17(8-10-18)16-28-13-3-4-14-28)19(5-1)15-23-21-11-12-22-24-26-27-29(22)25-21/h1-2,5-12H,3-4,13-16H2,(H,23,25). The number of likely N-dealkylation sites (tertiary alicyclic amines) is 1. The minimum Gasteiger partial charge on any atom is -0.364 e. The Morgan fingerprint density at radius 2 is 1.72 bits per heavy atom. The molecule has 7 heteroatoms. The van der Waals surface area contributed by atoms with Crippen LogP contribution in [0.4, 0.5) is 5.82 Å². The third-order valence-corrected chi connectivity index (χ3v) is 5.42. The van der Waals surface area contributed by atoms with Gasteiger partial charge in [0.25, 0.3) is 0 Å². The van der Waals surface area contributed by atoms with Crippen molar-refractivity contribution >= 4 is 11.5 Å². The van der Waals surface area contributed by atoms with Gasteiger partial charge in [0.15, 0.2) is 5.65 Å². The van der Waals surface area contributed by atoms with Crippen molar-refractivity contribution in [2.45, 2.75) is 25.9 Å². The number of hydrogen-bond acceptors (Lipinski definition) is 6. The van der Waals surface area contributed by atoms with Crippen molar-refractivity contribution in [1.82, 2.24) is 30.2 Å². The van der Waals surface area contributed by atoms with E-state index < -0.39 is 0 Å². The number of nitrogens with one attached hydrogen (secondary N) is 1. The first-order valence-electron chi connectivity index (χ1n) is 10.0. The molecule has 5 rings (SSSR count). The summed E-state index contributed by atoms with van der Waals surface area (Å²) in [6, 6.07) is 21.2. The summed E-state index contributed by atoms with van der Waals surface area (Å²) in [6.45, 7) is 4.17. The van der Waals surface area contributed by atoms with E-state index in [1.165, 1.54) is 52.8 Å². The fourth-order valence-electron chi connectivity index (χ4n) is 3.87. The summed E-state index contributed by atoms with van der Waals surface area (Å²) in [5.74, 6) is 0.737. The van der Waals surface area contributed by atoms with Crippen LogP contribution in [0.3, 0.4) is 0 Å². The topological polar surface area (TPSA) is 71.2 Å². The number of nitrogens with zero attached hydrogens (tertiary/aromatic N) is 6. The van der Waals surface area contributed by atoms with E-state index in [0.29, 0.717) is 12.2 Å². The lowest BCUT2D eigenvalue weighted by atomic mass is 9.98. The summed E-state index contributed by atoms with van der Waals surface area (Å²) >= 11 is 0. The maximum absolute atomic E-state index is 4.38. The fourth-order valence-corrected chi connectivity index (χ4v) is 3.87. The molecule has 1 aliphatic rings. The third kappa shape index (κ3) is 3.95. The minimum atomic E-state index is 0.630. The van der Waals surface area contributed by atoms with Crippen molar-refractivity contribution in [3.05, 3.63) is 71.8 Å². The van der Waals surface area contributed by atoms with Crippen LogP contribution in [0.5, 0.6) is 0 Å². The van der Waals surface area contributed by atoms with Crippen molar-refractivity contribution in [2.75, 3.05) is 18.4 Å². The Balaban J connectivity index is 1.31. The predicted octanol–water partition coefficient (Wildman–Crippen LogP) is 3.39. The lowest BCUT2D eigenvalue weighted by Gasteiger charge is -2.15. The summed E-state index contributed by atoms with van der Waals surface area (Å²) in [6.07, 6.45) is 2.65. The van der Waals surface area contributed by atoms with Gasteiger partial charge in [-0.3, -0.25) is 4.90 Å². The van der Waals surface area contributed by atoms with E-state index in [1.54, 1.807) is 0 Å². The smallest absolute Gasteiger partial charge is 0.200 e. The summed E-state index contributed by atoms with van der Waals surface area (Å²) < 4.78 is 1.42. The molecular weight excluding hydrogens is 362 g/mol. The Labute approximate surface area is 169 Å². The van der Waals surface area contributed by atoms with Crippen LogP contribution >= 0.6 is 0 Å². The van der Waals surface area contributed by atoms with Gasteiger partial charge < -0.3 is 5.32 Å². The molecule has 0 spiro atoms. The Kier molecular flexibility index (Phi) is 4.88. The van der Waals surface area contributed by atoms with Gasteiger partial charge in [0, 0.05) is 13.1 Å². The number of benzene rings is 2. The highest BCUT2D eigenvalue weighted by Crippen LogP contribution is 2.25. The van der Waals surface area contributed by atoms with Crippen LogP contribution < -0.4 is 5.32 Å². The highest BCUT2D eigenvalue weighted by Gasteiger charge is 2.12. The molecule has 4 aromatic rings. The van der Waals surface area contributed by atoms with Gasteiger partial charge in [0.05, 0.1) is 0 Å². The van der Waals surface area contributed by atoms with E-state index in [2.05, 4.69) is 79.4 Å². The van der Waals surface area contributed by atoms with Gasteiger partial charge in [-0.25, -0.2) is 0 Å². The molecule has 1 aliphatic heterocycles. The van der Waals surface area contributed by atoms with Crippen molar-refractivity contribution in [3.8, 4) is 11.1 Å². The molecule has 3 heterocycles. The monoisotopic (exact) mass is 385 g/mol. The lowest BCUT2D eigenvalue weighted by Crippen LogP contribution is -2.18. The van der Waals surface area contributed by atoms with Crippen molar-refractivity contribution < 1.29 is 0 Å². The number of tetrazole rings is 1. The van der Waals surface area contributed by atoms with Crippen molar-refractivity contribution in [1.29, 1.82) is 0 Å². The van der Waals surface area contributed by atoms with Crippen LogP contribution in [0.15, 0.2) is 60.7 Å². The Morgan fingerprint density at radius 3 is 2.59 bits per heavy atom. The van der Waals surface area contributed by atoms with Gasteiger partial charge in [-0.1, -0.05) is 48.5 Å². The van der Waals surface area contributed by atoms with E-state index in [0.717, 1.165) is 12.4 Å². The Morgan fingerprint density at radius 1 is 0.897 bits per heavy atom. The summed E-state index contributed by atoms with van der Waals surface area (Å²) in [7, 11) is 0. The number of anilines is 1. The fraction of sp³-hybridized carbons (Fsp3) is 0.273. The van der Waals surface area contributed by atoms with Gasteiger partial charge >= 0.3 is 0 Å². The molecule has 0 atom stereocenters. The SMILES string of the molecule is c1ccc(-c2ccc(CN3CCCC3)cc2)c(CNc2ccc3nnnn3n2)c1. The molecule has 146 valence electrons. The van der Waals surface area contributed by atoms with E-state index in [4.69, 9.17) is 0 Å². The summed E-state index contributed by atoms with van der Waals surface area (Å²) in [5.41, 5.74) is 5.70. The number of aromatic nitrogens is 5. The molecule has 0 amide bonds. The van der Waals surface area contributed by atoms with Gasteiger partial charge in [0.1, 0.15) is 5.82 Å². The molecule has 7 nitrogen and oxygen atoms in total. The first-order valence-corrected chi connectivity index (χ1v) is 10.0. The average Bonchev–Trinajstić information content (AvgIpc) is 3.44. The van der Waals surface area contributed by atoms with Gasteiger partial charge in [0.2, 0.25) is 0 Å². The van der Waals surface area contributed by atoms with E-state index in [1.807, 2.05) is 12.1 Å². The highest BCUT2D eigenvalue weighted by atomic mass is 15.6. The second kappa shape index (κ2) is 7.97. The first-order chi connectivity index (χ1) is 14.3. The number of rotatable bonds is 6. The molecule has 0 saturated carbocycles. The Bertz CT molecular complexity index is 1100. The Hall–Kier alpha value is -3.32. The zero-order chi connectivity index (χ0) is 19.5. The van der Waals surface area contributed by atoms with Crippen LogP contribution in [0.1, 0.15) is 24.0 Å². The van der Waals surface area contributed by atoms with Gasteiger partial charge in [-0.05, 0) is 70.7 Å². The largest absolute Gasteiger partial charge is 0.364 e. The molecule has 2 aromatic heterocycles. The lowest BCUT2D eigenvalue weighted by molar-refractivity contribution is 0.331. The second-order valence-corrected chi connectivity index (χ2v) is 7.44. The van der Waals surface area contributed by atoms with Gasteiger partial charge in [-0.15, -0.1) is 14.8 Å². The van der Waals surface area contributed by atoms with Crippen molar-refractivity contribution in [2.24, 2.45) is 0 Å². The van der Waals surface area contributed by atoms with Crippen LogP contribution in [-0.4, -0.2) is 43.2 Å². The number of hydrogen-bond donors (Lipinski definition) is 1. The van der Waals surface area contributed by atoms with Crippen molar-refractivity contribution in [3.63, 3.8) is 0 Å². The molecule has 29 heavy (non-hydrogen) atoms. The van der Waals surface area contributed by atoms with Gasteiger partial charge in [-0.2, -0.15) is 0 Å². The van der Waals surface area contributed by atoms with E-state index in [9.17, 15) is 0 Å². The van der Waals surface area contributed by atoms with Crippen LogP contribution in [-0.2, 0) is 13.1 Å². The molecule has 0 aliphatic carbocycles. The molecule has 0 bridgehead atoms. The first kappa shape index (κ1) is 17.8. The second-order valence-electron chi connectivity index (χ2n) is 7.44. The molecule has 1 fully saturated rings. The molecule has 0 radical (unpaired) electrons.